The Morgan fingerprint density at radius 1 is 1.31 bits per heavy atom. The van der Waals surface area contributed by atoms with E-state index < -0.39 is 0 Å². The van der Waals surface area contributed by atoms with Crippen molar-refractivity contribution in [2.75, 3.05) is 12.3 Å². The minimum Gasteiger partial charge on any atom is -0.355 e. The molecule has 0 bridgehead atoms. The highest BCUT2D eigenvalue weighted by Crippen LogP contribution is 2.17. The van der Waals surface area contributed by atoms with Crippen LogP contribution in [0.1, 0.15) is 27.2 Å². The van der Waals surface area contributed by atoms with Crippen molar-refractivity contribution in [2.24, 2.45) is 0 Å². The van der Waals surface area contributed by atoms with E-state index in [4.69, 9.17) is 0 Å². The van der Waals surface area contributed by atoms with Crippen LogP contribution in [-0.2, 0) is 16.1 Å². The van der Waals surface area contributed by atoms with E-state index >= 15 is 0 Å². The van der Waals surface area contributed by atoms with Gasteiger partial charge >= 0.3 is 0 Å². The first kappa shape index (κ1) is 20.0. The van der Waals surface area contributed by atoms with Crippen LogP contribution in [0.4, 0.5) is 0 Å². The van der Waals surface area contributed by atoms with Crippen LogP contribution in [0.25, 0.3) is 10.9 Å². The first-order chi connectivity index (χ1) is 12.4. The summed E-state index contributed by atoms with van der Waals surface area (Å²) in [5.41, 5.74) is 0.420. The molecule has 1 aromatic heterocycles. The van der Waals surface area contributed by atoms with Crippen molar-refractivity contribution >= 4 is 34.5 Å². The van der Waals surface area contributed by atoms with E-state index in [1.165, 1.54) is 23.3 Å². The van der Waals surface area contributed by atoms with Crippen molar-refractivity contribution in [1.82, 2.24) is 20.2 Å². The lowest BCUT2D eigenvalue weighted by Crippen LogP contribution is -2.34. The zero-order chi connectivity index (χ0) is 19.1. The molecule has 2 amide bonds. The summed E-state index contributed by atoms with van der Waals surface area (Å²) in [5, 5.41) is 6.57. The second kappa shape index (κ2) is 9.38. The maximum Gasteiger partial charge on any atom is 0.262 e. The van der Waals surface area contributed by atoms with Crippen LogP contribution in [0.15, 0.2) is 34.2 Å². The number of thioether (sulfide) groups is 1. The third-order valence-electron chi connectivity index (χ3n) is 3.89. The number of rotatable bonds is 8. The van der Waals surface area contributed by atoms with Crippen molar-refractivity contribution < 1.29 is 9.59 Å². The van der Waals surface area contributed by atoms with Crippen molar-refractivity contribution in [3.63, 3.8) is 0 Å². The fraction of sp³-hybridized carbons (Fsp3) is 0.444. The maximum absolute atomic E-state index is 12.8. The van der Waals surface area contributed by atoms with Crippen molar-refractivity contribution in [3.8, 4) is 0 Å². The molecule has 0 spiro atoms. The van der Waals surface area contributed by atoms with Gasteiger partial charge in [-0.2, -0.15) is 0 Å². The molecule has 0 saturated carbocycles. The number of carbonyl (C=O) groups excluding carboxylic acids is 2. The van der Waals surface area contributed by atoms with Crippen LogP contribution in [-0.4, -0.2) is 39.7 Å². The molecule has 1 aromatic carbocycles. The minimum atomic E-state index is -0.175. The highest BCUT2D eigenvalue weighted by molar-refractivity contribution is 7.99. The van der Waals surface area contributed by atoms with Crippen molar-refractivity contribution in [3.05, 3.63) is 34.6 Å². The number of carbonyl (C=O) groups is 2. The van der Waals surface area contributed by atoms with Crippen molar-refractivity contribution in [1.29, 1.82) is 0 Å². The van der Waals surface area contributed by atoms with Gasteiger partial charge in [-0.05, 0) is 25.5 Å². The van der Waals surface area contributed by atoms with Gasteiger partial charge in [0.1, 0.15) is 0 Å². The highest BCUT2D eigenvalue weighted by Gasteiger charge is 2.14. The zero-order valence-electron chi connectivity index (χ0n) is 15.2. The standard InChI is InChI=1S/C18H24N4O3S/c1-4-12(2)20-16(24)11-26-18-21-15-8-6-5-7-14(15)17(25)22(18)10-9-19-13(3)23/h5-8,12H,4,9-11H2,1-3H3,(H,19,23)(H,20,24)/t12-/m1/s1. The molecular weight excluding hydrogens is 352 g/mol. The normalized spacial score (nSPS) is 12.0. The summed E-state index contributed by atoms with van der Waals surface area (Å²) < 4.78 is 1.51. The topological polar surface area (TPSA) is 93.1 Å². The first-order valence-electron chi connectivity index (χ1n) is 8.58. The molecule has 0 unspecified atom stereocenters. The summed E-state index contributed by atoms with van der Waals surface area (Å²) in [4.78, 5) is 40.5. The second-order valence-electron chi connectivity index (χ2n) is 6.02. The van der Waals surface area contributed by atoms with Gasteiger partial charge in [-0.3, -0.25) is 19.0 Å². The van der Waals surface area contributed by atoms with Crippen LogP contribution in [0.5, 0.6) is 0 Å². The van der Waals surface area contributed by atoms with Gasteiger partial charge in [0.2, 0.25) is 11.8 Å². The second-order valence-corrected chi connectivity index (χ2v) is 6.96. The highest BCUT2D eigenvalue weighted by atomic mass is 32.2. The molecule has 26 heavy (non-hydrogen) atoms. The number of para-hydroxylation sites is 1. The molecule has 0 aliphatic heterocycles. The number of benzene rings is 1. The summed E-state index contributed by atoms with van der Waals surface area (Å²) in [6, 6.07) is 7.22. The summed E-state index contributed by atoms with van der Waals surface area (Å²) >= 11 is 1.22. The zero-order valence-corrected chi connectivity index (χ0v) is 16.1. The van der Waals surface area contributed by atoms with Crippen LogP contribution in [0, 0.1) is 0 Å². The van der Waals surface area contributed by atoms with Crippen LogP contribution in [0.2, 0.25) is 0 Å². The molecule has 140 valence electrons. The van der Waals surface area contributed by atoms with Gasteiger partial charge in [-0.25, -0.2) is 4.98 Å². The fourth-order valence-electron chi connectivity index (χ4n) is 2.35. The van der Waals surface area contributed by atoms with E-state index in [9.17, 15) is 14.4 Å². The molecule has 2 N–H and O–H groups in total. The number of aromatic nitrogens is 2. The molecule has 1 atom stereocenters. The van der Waals surface area contributed by atoms with Gasteiger partial charge in [-0.1, -0.05) is 30.8 Å². The summed E-state index contributed by atoms with van der Waals surface area (Å²) in [6.45, 7) is 5.99. The average Bonchev–Trinajstić information content (AvgIpc) is 2.61. The maximum atomic E-state index is 12.8. The first-order valence-corrected chi connectivity index (χ1v) is 9.57. The fourth-order valence-corrected chi connectivity index (χ4v) is 3.18. The molecule has 0 aliphatic rings. The van der Waals surface area contributed by atoms with Crippen LogP contribution < -0.4 is 16.2 Å². The molecule has 1 heterocycles. The Hall–Kier alpha value is -2.35. The lowest BCUT2D eigenvalue weighted by Gasteiger charge is -2.14. The Bertz CT molecular complexity index is 850. The molecular formula is C18H24N4O3S. The van der Waals surface area contributed by atoms with Crippen LogP contribution >= 0.6 is 11.8 Å². The Morgan fingerprint density at radius 2 is 2.04 bits per heavy atom. The molecule has 8 heteroatoms. The third-order valence-corrected chi connectivity index (χ3v) is 4.86. The summed E-state index contributed by atoms with van der Waals surface area (Å²) in [6.07, 6.45) is 0.853. The van der Waals surface area contributed by atoms with Gasteiger partial charge < -0.3 is 10.6 Å². The summed E-state index contributed by atoms with van der Waals surface area (Å²) in [7, 11) is 0. The van der Waals surface area contributed by atoms with Gasteiger partial charge in [0.15, 0.2) is 5.16 Å². The molecule has 7 nitrogen and oxygen atoms in total. The average molecular weight is 376 g/mol. The Labute approximate surface area is 156 Å². The smallest absolute Gasteiger partial charge is 0.262 e. The summed E-state index contributed by atoms with van der Waals surface area (Å²) in [5.74, 6) is -0.0796. The predicted molar refractivity (Wildman–Crippen MR) is 103 cm³/mol. The molecule has 2 aromatic rings. The lowest BCUT2D eigenvalue weighted by molar-refractivity contribution is -0.119. The van der Waals surface area contributed by atoms with E-state index in [0.29, 0.717) is 29.1 Å². The Morgan fingerprint density at radius 3 is 2.73 bits per heavy atom. The largest absolute Gasteiger partial charge is 0.355 e. The lowest BCUT2D eigenvalue weighted by atomic mass is 10.2. The number of nitrogens with one attached hydrogen (secondary N) is 2. The van der Waals surface area contributed by atoms with Crippen LogP contribution in [0.3, 0.4) is 0 Å². The number of hydrogen-bond donors (Lipinski definition) is 2. The van der Waals surface area contributed by atoms with E-state index in [2.05, 4.69) is 15.6 Å². The van der Waals surface area contributed by atoms with E-state index in [1.54, 1.807) is 18.2 Å². The monoisotopic (exact) mass is 376 g/mol. The molecule has 0 aliphatic carbocycles. The third kappa shape index (κ3) is 5.32. The molecule has 0 radical (unpaired) electrons. The van der Waals surface area contributed by atoms with E-state index in [-0.39, 0.29) is 29.2 Å². The number of nitrogens with zero attached hydrogens (tertiary/aromatic N) is 2. The number of fused-ring (bicyclic) bond motifs is 1. The Kier molecular flexibility index (Phi) is 7.20. The number of amides is 2. The van der Waals surface area contributed by atoms with E-state index in [1.807, 2.05) is 19.9 Å². The molecule has 0 saturated heterocycles. The van der Waals surface area contributed by atoms with Gasteiger partial charge in [0.25, 0.3) is 5.56 Å². The SMILES string of the molecule is CC[C@@H](C)NC(=O)CSc1nc2ccccc2c(=O)n1CCNC(C)=O. The predicted octanol–water partition coefficient (Wildman–Crippen LogP) is 1.54. The van der Waals surface area contributed by atoms with E-state index in [0.717, 1.165) is 6.42 Å². The molecule has 0 fully saturated rings. The molecule has 2 rings (SSSR count). The quantitative estimate of drug-likeness (QED) is 0.538. The Balaban J connectivity index is 2.25. The van der Waals surface area contributed by atoms with Gasteiger partial charge in [0.05, 0.1) is 16.7 Å². The van der Waals surface area contributed by atoms with Gasteiger partial charge in [0, 0.05) is 26.1 Å². The number of hydrogen-bond acceptors (Lipinski definition) is 5. The van der Waals surface area contributed by atoms with Crippen molar-refractivity contribution in [2.45, 2.75) is 44.9 Å². The minimum absolute atomic E-state index is 0.0971. The van der Waals surface area contributed by atoms with Gasteiger partial charge in [-0.15, -0.1) is 0 Å².